The number of benzene rings is 1. The topological polar surface area (TPSA) is 80.9 Å². The van der Waals surface area contributed by atoms with E-state index in [2.05, 4.69) is 14.9 Å². The minimum Gasteiger partial charge on any atom is -0.396 e. The summed E-state index contributed by atoms with van der Waals surface area (Å²) < 4.78 is 17.1. The van der Waals surface area contributed by atoms with Crippen LogP contribution in [-0.2, 0) is 0 Å². The van der Waals surface area contributed by atoms with Crippen molar-refractivity contribution in [2.45, 2.75) is 19.8 Å². The fourth-order valence-electron chi connectivity index (χ4n) is 1.53. The Hall–Kier alpha value is -2.02. The van der Waals surface area contributed by atoms with Gasteiger partial charge in [0.15, 0.2) is 0 Å². The lowest BCUT2D eigenvalue weighted by molar-refractivity contribution is 0.102. The monoisotopic (exact) mass is 280 g/mol. The zero-order valence-electron chi connectivity index (χ0n) is 10.5. The van der Waals surface area contributed by atoms with Gasteiger partial charge < -0.3 is 11.1 Å². The molecule has 0 bridgehead atoms. The van der Waals surface area contributed by atoms with Crippen molar-refractivity contribution in [2.24, 2.45) is 0 Å². The molecule has 3 N–H and O–H groups in total. The summed E-state index contributed by atoms with van der Waals surface area (Å²) in [6.07, 6.45) is 0. The smallest absolute Gasteiger partial charge is 0.269 e. The van der Waals surface area contributed by atoms with Crippen LogP contribution >= 0.6 is 11.5 Å². The number of rotatable bonds is 3. The molecule has 5 nitrogen and oxygen atoms in total. The maximum Gasteiger partial charge on any atom is 0.269 e. The second kappa shape index (κ2) is 5.31. The maximum atomic E-state index is 13.3. The van der Waals surface area contributed by atoms with E-state index in [0.717, 1.165) is 11.5 Å². The molecule has 0 atom stereocenters. The molecule has 19 heavy (non-hydrogen) atoms. The Bertz CT molecular complexity index is 612. The van der Waals surface area contributed by atoms with Crippen LogP contribution < -0.4 is 11.1 Å². The molecule has 1 aromatic carbocycles. The van der Waals surface area contributed by atoms with E-state index in [1.165, 1.54) is 12.1 Å². The number of hydrogen-bond donors (Lipinski definition) is 2. The molecule has 0 spiro atoms. The molecule has 100 valence electrons. The van der Waals surface area contributed by atoms with Crippen molar-refractivity contribution < 1.29 is 9.18 Å². The Kier molecular flexibility index (Phi) is 3.75. The summed E-state index contributed by atoms with van der Waals surface area (Å²) in [5.41, 5.74) is 6.40. The first-order chi connectivity index (χ1) is 8.99. The van der Waals surface area contributed by atoms with Crippen LogP contribution in [0.5, 0.6) is 0 Å². The number of nitrogens with zero attached hydrogens (tertiary/aromatic N) is 2. The van der Waals surface area contributed by atoms with Gasteiger partial charge in [0.25, 0.3) is 5.91 Å². The highest BCUT2D eigenvalue weighted by Crippen LogP contribution is 2.22. The van der Waals surface area contributed by atoms with Crippen molar-refractivity contribution in [1.29, 1.82) is 0 Å². The molecule has 0 aliphatic carbocycles. The van der Waals surface area contributed by atoms with Gasteiger partial charge in [0.2, 0.25) is 0 Å². The lowest BCUT2D eigenvalue weighted by Gasteiger charge is -2.07. The van der Waals surface area contributed by atoms with Crippen LogP contribution in [0.2, 0.25) is 0 Å². The van der Waals surface area contributed by atoms with E-state index >= 15 is 0 Å². The fraction of sp³-hybridized carbons (Fsp3) is 0.250. The number of carbonyl (C=O) groups is 1. The second-order valence-corrected chi connectivity index (χ2v) is 5.09. The third-order valence-corrected chi connectivity index (χ3v) is 3.27. The molecule has 0 saturated carbocycles. The van der Waals surface area contributed by atoms with Gasteiger partial charge in [-0.1, -0.05) is 18.3 Å². The van der Waals surface area contributed by atoms with Crippen LogP contribution in [0.15, 0.2) is 18.2 Å². The molecule has 2 aromatic rings. The normalized spacial score (nSPS) is 10.7. The molecule has 0 unspecified atom stereocenters. The van der Waals surface area contributed by atoms with Crippen molar-refractivity contribution >= 4 is 28.8 Å². The minimum absolute atomic E-state index is 0.0420. The number of nitrogen functional groups attached to an aromatic ring is 1. The quantitative estimate of drug-likeness (QED) is 0.847. The molecule has 0 radical (unpaired) electrons. The van der Waals surface area contributed by atoms with Crippen LogP contribution in [0.4, 0.5) is 15.8 Å². The van der Waals surface area contributed by atoms with E-state index in [1.807, 2.05) is 13.8 Å². The van der Waals surface area contributed by atoms with Crippen molar-refractivity contribution in [2.75, 3.05) is 11.1 Å². The molecule has 1 heterocycles. The number of halogens is 1. The predicted octanol–water partition coefficient (Wildman–Crippen LogP) is 2.64. The average molecular weight is 280 g/mol. The average Bonchev–Trinajstić information content (AvgIpc) is 2.83. The Morgan fingerprint density at radius 2 is 2.21 bits per heavy atom. The number of hydrogen-bond acceptors (Lipinski definition) is 5. The number of aromatic nitrogens is 2. The maximum absolute atomic E-state index is 13.3. The highest BCUT2D eigenvalue weighted by atomic mass is 32.1. The first-order valence-electron chi connectivity index (χ1n) is 5.67. The molecule has 1 amide bonds. The summed E-state index contributed by atoms with van der Waals surface area (Å²) >= 11 is 1.02. The zero-order chi connectivity index (χ0) is 14.0. The Labute approximate surface area is 113 Å². The summed E-state index contributed by atoms with van der Waals surface area (Å²) in [6, 6.07) is 4.12. The largest absolute Gasteiger partial charge is 0.396 e. The van der Waals surface area contributed by atoms with Crippen LogP contribution in [0.25, 0.3) is 0 Å². The minimum atomic E-state index is -0.565. The van der Waals surface area contributed by atoms with Crippen molar-refractivity contribution in [3.8, 4) is 0 Å². The van der Waals surface area contributed by atoms with E-state index in [4.69, 9.17) is 5.73 Å². The van der Waals surface area contributed by atoms with Crippen molar-refractivity contribution in [3.63, 3.8) is 0 Å². The number of anilines is 2. The first-order valence-corrected chi connectivity index (χ1v) is 6.45. The van der Waals surface area contributed by atoms with Gasteiger partial charge in [-0.15, -0.1) is 5.10 Å². The molecule has 0 fully saturated rings. The number of nitrogens with one attached hydrogen (secondary N) is 1. The van der Waals surface area contributed by atoms with Gasteiger partial charge >= 0.3 is 0 Å². The molecule has 2 rings (SSSR count). The van der Waals surface area contributed by atoms with Gasteiger partial charge in [-0.25, -0.2) is 4.39 Å². The summed E-state index contributed by atoms with van der Waals surface area (Å²) in [7, 11) is 0. The molecule has 0 saturated heterocycles. The molecule has 1 aromatic heterocycles. The Morgan fingerprint density at radius 3 is 2.84 bits per heavy atom. The van der Waals surface area contributed by atoms with Gasteiger partial charge in [0, 0.05) is 5.69 Å². The molecule has 0 aliphatic heterocycles. The number of amides is 1. The molecular weight excluding hydrogens is 267 g/mol. The van der Waals surface area contributed by atoms with Crippen molar-refractivity contribution in [1.82, 2.24) is 9.59 Å². The first kappa shape index (κ1) is 13.4. The van der Waals surface area contributed by atoms with E-state index in [1.54, 1.807) is 6.07 Å². The van der Waals surface area contributed by atoms with E-state index < -0.39 is 5.82 Å². The summed E-state index contributed by atoms with van der Waals surface area (Å²) in [5.74, 6) is -0.810. The third-order valence-electron chi connectivity index (χ3n) is 2.52. The second-order valence-electron chi connectivity index (χ2n) is 4.33. The SMILES string of the molecule is CC(C)c1nnsc1C(=O)Nc1ccc(N)c(F)c1. The van der Waals surface area contributed by atoms with E-state index in [-0.39, 0.29) is 17.5 Å². The highest BCUT2D eigenvalue weighted by molar-refractivity contribution is 7.08. The van der Waals surface area contributed by atoms with Gasteiger partial charge in [0.05, 0.1) is 11.4 Å². The Morgan fingerprint density at radius 1 is 1.47 bits per heavy atom. The standard InChI is InChI=1S/C12H13FN4OS/c1-6(2)10-11(19-17-16-10)12(18)15-7-3-4-9(14)8(13)5-7/h3-6H,14H2,1-2H3,(H,15,18). The predicted molar refractivity (Wildman–Crippen MR) is 72.8 cm³/mol. The van der Waals surface area contributed by atoms with Crippen LogP contribution in [-0.4, -0.2) is 15.5 Å². The van der Waals surface area contributed by atoms with Gasteiger partial charge in [0.1, 0.15) is 10.7 Å². The van der Waals surface area contributed by atoms with Gasteiger partial charge in [-0.2, -0.15) is 0 Å². The Balaban J connectivity index is 2.21. The lowest BCUT2D eigenvalue weighted by Crippen LogP contribution is -2.13. The van der Waals surface area contributed by atoms with E-state index in [0.29, 0.717) is 16.3 Å². The molecule has 0 aliphatic rings. The summed E-state index contributed by atoms with van der Waals surface area (Å²) in [5, 5.41) is 6.53. The lowest BCUT2D eigenvalue weighted by atomic mass is 10.1. The van der Waals surface area contributed by atoms with Gasteiger partial charge in [-0.05, 0) is 35.6 Å². The molecule has 7 heteroatoms. The van der Waals surface area contributed by atoms with Gasteiger partial charge in [-0.3, -0.25) is 4.79 Å². The number of nitrogens with two attached hydrogens (primary N) is 1. The third kappa shape index (κ3) is 2.87. The molecular formula is C12H13FN4OS. The van der Waals surface area contributed by atoms with Crippen LogP contribution in [0.1, 0.15) is 35.1 Å². The highest BCUT2D eigenvalue weighted by Gasteiger charge is 2.18. The van der Waals surface area contributed by atoms with E-state index in [9.17, 15) is 9.18 Å². The van der Waals surface area contributed by atoms with Crippen molar-refractivity contribution in [3.05, 3.63) is 34.6 Å². The van der Waals surface area contributed by atoms with Crippen LogP contribution in [0, 0.1) is 5.82 Å². The van der Waals surface area contributed by atoms with Crippen LogP contribution in [0.3, 0.4) is 0 Å². The summed E-state index contributed by atoms with van der Waals surface area (Å²) in [4.78, 5) is 12.5. The number of carbonyl (C=O) groups excluding carboxylic acids is 1. The zero-order valence-corrected chi connectivity index (χ0v) is 11.3. The summed E-state index contributed by atoms with van der Waals surface area (Å²) in [6.45, 7) is 3.85. The fourth-order valence-corrected chi connectivity index (χ4v) is 2.24.